The van der Waals surface area contributed by atoms with Crippen LogP contribution in [0.1, 0.15) is 22.5 Å². The molecule has 2 aromatic heterocycles. The zero-order valence-corrected chi connectivity index (χ0v) is 15.1. The summed E-state index contributed by atoms with van der Waals surface area (Å²) in [6.45, 7) is 1.86. The fourth-order valence-electron chi connectivity index (χ4n) is 3.71. The summed E-state index contributed by atoms with van der Waals surface area (Å²) in [5.41, 5.74) is 7.55. The molecule has 1 unspecified atom stereocenters. The van der Waals surface area contributed by atoms with Gasteiger partial charge in [0.1, 0.15) is 0 Å². The number of H-pyrrole nitrogens is 2. The molecule has 4 N–H and O–H groups in total. The summed E-state index contributed by atoms with van der Waals surface area (Å²) in [6.07, 6.45) is 2.73. The molecule has 1 amide bonds. The van der Waals surface area contributed by atoms with Gasteiger partial charge in [-0.15, -0.1) is 0 Å². The predicted octanol–water partition coefficient (Wildman–Crippen LogP) is 1.18. The first-order valence-corrected chi connectivity index (χ1v) is 8.92. The third kappa shape index (κ3) is 3.43. The summed E-state index contributed by atoms with van der Waals surface area (Å²) in [7, 11) is 1.98. The number of fused-ring (bicyclic) bond motifs is 1. The number of rotatable bonds is 4. The SMILES string of the molecule is CN(Cc1cc(=O)[nH]c(N)n1)C1CCN(C(=O)c2cccc3cc[nH]c23)C1. The number of hydrogen-bond acceptors (Lipinski definition) is 5. The second-order valence-corrected chi connectivity index (χ2v) is 6.98. The molecule has 4 rings (SSSR count). The van der Waals surface area contributed by atoms with Gasteiger partial charge in [-0.25, -0.2) is 4.98 Å². The number of aromatic amines is 2. The zero-order chi connectivity index (χ0) is 19.0. The Morgan fingerprint density at radius 1 is 1.41 bits per heavy atom. The highest BCUT2D eigenvalue weighted by Gasteiger charge is 2.30. The van der Waals surface area contributed by atoms with Gasteiger partial charge in [0.25, 0.3) is 11.5 Å². The highest BCUT2D eigenvalue weighted by atomic mass is 16.2. The van der Waals surface area contributed by atoms with Crippen LogP contribution in [0.5, 0.6) is 0 Å². The van der Waals surface area contributed by atoms with Crippen LogP contribution >= 0.6 is 0 Å². The van der Waals surface area contributed by atoms with Gasteiger partial charge >= 0.3 is 0 Å². The fourth-order valence-corrected chi connectivity index (χ4v) is 3.71. The third-order valence-corrected chi connectivity index (χ3v) is 5.12. The number of anilines is 1. The Balaban J connectivity index is 1.45. The topological polar surface area (TPSA) is 111 Å². The lowest BCUT2D eigenvalue weighted by atomic mass is 10.1. The van der Waals surface area contributed by atoms with Crippen molar-refractivity contribution in [2.45, 2.75) is 19.0 Å². The molecule has 3 heterocycles. The number of amides is 1. The van der Waals surface area contributed by atoms with E-state index in [-0.39, 0.29) is 23.5 Å². The van der Waals surface area contributed by atoms with E-state index in [4.69, 9.17) is 5.73 Å². The van der Waals surface area contributed by atoms with Crippen LogP contribution in [-0.4, -0.2) is 56.8 Å². The molecule has 27 heavy (non-hydrogen) atoms. The lowest BCUT2D eigenvalue weighted by Crippen LogP contribution is -2.36. The molecule has 0 radical (unpaired) electrons. The van der Waals surface area contributed by atoms with E-state index >= 15 is 0 Å². The first-order chi connectivity index (χ1) is 13.0. The van der Waals surface area contributed by atoms with Crippen LogP contribution in [0, 0.1) is 0 Å². The Morgan fingerprint density at radius 3 is 3.07 bits per heavy atom. The summed E-state index contributed by atoms with van der Waals surface area (Å²) in [4.78, 5) is 38.3. The maximum Gasteiger partial charge on any atom is 0.256 e. The fraction of sp³-hybridized carbons (Fsp3) is 0.316. The molecule has 140 valence electrons. The monoisotopic (exact) mass is 366 g/mol. The van der Waals surface area contributed by atoms with E-state index in [1.165, 1.54) is 6.07 Å². The Bertz CT molecular complexity index is 1040. The average molecular weight is 366 g/mol. The maximum atomic E-state index is 13.0. The largest absolute Gasteiger partial charge is 0.369 e. The lowest BCUT2D eigenvalue weighted by molar-refractivity contribution is 0.0781. The molecule has 0 aliphatic carbocycles. The van der Waals surface area contributed by atoms with Gasteiger partial charge in [0.05, 0.1) is 16.8 Å². The Morgan fingerprint density at radius 2 is 2.26 bits per heavy atom. The second kappa shape index (κ2) is 6.88. The summed E-state index contributed by atoms with van der Waals surface area (Å²) < 4.78 is 0. The molecule has 3 aromatic rings. The summed E-state index contributed by atoms with van der Waals surface area (Å²) in [5, 5.41) is 1.03. The molecule has 8 heteroatoms. The van der Waals surface area contributed by atoms with Crippen molar-refractivity contribution >= 4 is 22.8 Å². The molecule has 1 fully saturated rings. The number of likely N-dealkylation sites (N-methyl/N-ethyl adjacent to an activating group) is 1. The molecule has 1 saturated heterocycles. The molecule has 0 bridgehead atoms. The van der Waals surface area contributed by atoms with E-state index in [0.29, 0.717) is 30.9 Å². The van der Waals surface area contributed by atoms with Crippen LogP contribution in [0.25, 0.3) is 10.9 Å². The lowest BCUT2D eigenvalue weighted by Gasteiger charge is -2.24. The number of benzene rings is 1. The maximum absolute atomic E-state index is 13.0. The number of para-hydroxylation sites is 1. The van der Waals surface area contributed by atoms with Crippen LogP contribution < -0.4 is 11.3 Å². The zero-order valence-electron chi connectivity index (χ0n) is 15.1. The quantitative estimate of drug-likeness (QED) is 0.642. The molecule has 1 aliphatic heterocycles. The molecule has 1 aromatic carbocycles. The number of hydrogen-bond donors (Lipinski definition) is 3. The number of nitrogens with two attached hydrogens (primary N) is 1. The highest BCUT2D eigenvalue weighted by Crippen LogP contribution is 2.22. The van der Waals surface area contributed by atoms with Gasteiger partial charge in [0.15, 0.2) is 0 Å². The van der Waals surface area contributed by atoms with Gasteiger partial charge in [-0.1, -0.05) is 12.1 Å². The van der Waals surface area contributed by atoms with Crippen molar-refractivity contribution in [3.05, 3.63) is 58.1 Å². The van der Waals surface area contributed by atoms with Gasteiger partial charge in [0, 0.05) is 43.3 Å². The number of carbonyl (C=O) groups excluding carboxylic acids is 1. The highest BCUT2D eigenvalue weighted by molar-refractivity contribution is 6.05. The van der Waals surface area contributed by atoms with Crippen molar-refractivity contribution in [3.8, 4) is 0 Å². The molecule has 0 spiro atoms. The van der Waals surface area contributed by atoms with Crippen molar-refractivity contribution in [1.82, 2.24) is 24.8 Å². The number of nitrogens with one attached hydrogen (secondary N) is 2. The van der Waals surface area contributed by atoms with Crippen molar-refractivity contribution in [2.24, 2.45) is 0 Å². The molecule has 8 nitrogen and oxygen atoms in total. The van der Waals surface area contributed by atoms with Crippen LogP contribution in [0.2, 0.25) is 0 Å². The van der Waals surface area contributed by atoms with Crippen LogP contribution in [0.4, 0.5) is 5.95 Å². The molecule has 1 aliphatic rings. The van der Waals surface area contributed by atoms with E-state index in [0.717, 1.165) is 17.3 Å². The summed E-state index contributed by atoms with van der Waals surface area (Å²) >= 11 is 0. The minimum absolute atomic E-state index is 0.0393. The van der Waals surface area contributed by atoms with Crippen molar-refractivity contribution in [2.75, 3.05) is 25.9 Å². The summed E-state index contributed by atoms with van der Waals surface area (Å²) in [5.74, 6) is 0.158. The summed E-state index contributed by atoms with van der Waals surface area (Å²) in [6, 6.07) is 9.39. The molecule has 1 atom stereocenters. The van der Waals surface area contributed by atoms with Crippen molar-refractivity contribution in [1.29, 1.82) is 0 Å². The Kier molecular flexibility index (Phi) is 4.41. The van der Waals surface area contributed by atoms with Gasteiger partial charge in [-0.3, -0.25) is 19.5 Å². The van der Waals surface area contributed by atoms with Gasteiger partial charge in [-0.05, 0) is 25.6 Å². The van der Waals surface area contributed by atoms with E-state index < -0.39 is 0 Å². The molecular weight excluding hydrogens is 344 g/mol. The Hall–Kier alpha value is -3.13. The van der Waals surface area contributed by atoms with Crippen LogP contribution in [0.15, 0.2) is 41.3 Å². The van der Waals surface area contributed by atoms with Gasteiger partial charge < -0.3 is 15.6 Å². The van der Waals surface area contributed by atoms with Crippen LogP contribution in [-0.2, 0) is 6.54 Å². The molecule has 0 saturated carbocycles. The predicted molar refractivity (Wildman–Crippen MR) is 103 cm³/mol. The first kappa shape index (κ1) is 17.3. The van der Waals surface area contributed by atoms with Crippen molar-refractivity contribution < 1.29 is 4.79 Å². The average Bonchev–Trinajstić information content (AvgIpc) is 3.29. The normalized spacial score (nSPS) is 17.1. The number of nitrogens with zero attached hydrogens (tertiary/aromatic N) is 3. The third-order valence-electron chi connectivity index (χ3n) is 5.12. The standard InChI is InChI=1S/C19H22N6O2/c1-24(10-13-9-16(26)23-19(20)22-13)14-6-8-25(11-14)18(27)15-4-2-3-12-5-7-21-17(12)15/h2-5,7,9,14,21H,6,8,10-11H2,1H3,(H3,20,22,23,26). The van der Waals surface area contributed by atoms with E-state index in [9.17, 15) is 9.59 Å². The van der Waals surface area contributed by atoms with Crippen LogP contribution in [0.3, 0.4) is 0 Å². The van der Waals surface area contributed by atoms with E-state index in [1.807, 2.05) is 42.4 Å². The minimum Gasteiger partial charge on any atom is -0.369 e. The number of aromatic nitrogens is 3. The number of carbonyl (C=O) groups is 1. The smallest absolute Gasteiger partial charge is 0.256 e. The number of nitrogen functional groups attached to an aromatic ring is 1. The number of likely N-dealkylation sites (tertiary alicyclic amines) is 1. The van der Waals surface area contributed by atoms with E-state index in [1.54, 1.807) is 0 Å². The van der Waals surface area contributed by atoms with E-state index in [2.05, 4.69) is 19.9 Å². The van der Waals surface area contributed by atoms with Gasteiger partial charge in [0.2, 0.25) is 5.95 Å². The Labute approximate surface area is 156 Å². The first-order valence-electron chi connectivity index (χ1n) is 8.92. The van der Waals surface area contributed by atoms with Gasteiger partial charge in [-0.2, -0.15) is 0 Å². The second-order valence-electron chi connectivity index (χ2n) is 6.98. The van der Waals surface area contributed by atoms with Crippen molar-refractivity contribution in [3.63, 3.8) is 0 Å². The minimum atomic E-state index is -0.256. The molecular formula is C19H22N6O2.